The highest BCUT2D eigenvalue weighted by Gasteiger charge is 2.19. The largest absolute Gasteiger partial charge is 0.476 e. The minimum Gasteiger partial charge on any atom is -0.476 e. The first kappa shape index (κ1) is 9.73. The van der Waals surface area contributed by atoms with Gasteiger partial charge >= 0.3 is 0 Å². The van der Waals surface area contributed by atoms with E-state index in [0.717, 1.165) is 5.52 Å². The second-order valence-electron chi connectivity index (χ2n) is 3.58. The highest BCUT2D eigenvalue weighted by atomic mass is 16.5. The SMILES string of the molecule is N#C/C(=C1/NCCO1)c1nc2ccccc2o1. The summed E-state index contributed by atoms with van der Waals surface area (Å²) in [6.07, 6.45) is 0. The van der Waals surface area contributed by atoms with Crippen LogP contribution in [0.3, 0.4) is 0 Å². The third-order valence-electron chi connectivity index (χ3n) is 2.48. The van der Waals surface area contributed by atoms with E-state index in [2.05, 4.69) is 16.4 Å². The van der Waals surface area contributed by atoms with Gasteiger partial charge in [-0.15, -0.1) is 0 Å². The van der Waals surface area contributed by atoms with E-state index in [1.807, 2.05) is 24.3 Å². The molecule has 17 heavy (non-hydrogen) atoms. The number of nitrogens with zero attached hydrogens (tertiary/aromatic N) is 2. The maximum atomic E-state index is 9.14. The van der Waals surface area contributed by atoms with Gasteiger partial charge in [-0.25, -0.2) is 4.98 Å². The Bertz CT molecular complexity index is 595. The van der Waals surface area contributed by atoms with Crippen LogP contribution in [0.25, 0.3) is 16.7 Å². The van der Waals surface area contributed by atoms with Gasteiger partial charge in [0.25, 0.3) is 0 Å². The van der Waals surface area contributed by atoms with E-state index in [-0.39, 0.29) is 5.89 Å². The summed E-state index contributed by atoms with van der Waals surface area (Å²) in [6.45, 7) is 1.25. The predicted molar refractivity (Wildman–Crippen MR) is 60.5 cm³/mol. The molecular weight excluding hydrogens is 218 g/mol. The first-order valence-corrected chi connectivity index (χ1v) is 5.25. The standard InChI is InChI=1S/C12H9N3O2/c13-7-8(11-14-5-6-16-11)12-15-9-3-1-2-4-10(9)17-12/h1-4,14H,5-6H2/b11-8+. The first-order chi connectivity index (χ1) is 8.38. The van der Waals surface area contributed by atoms with Crippen molar-refractivity contribution in [3.05, 3.63) is 36.0 Å². The lowest BCUT2D eigenvalue weighted by atomic mass is 10.3. The third-order valence-corrected chi connectivity index (χ3v) is 2.48. The van der Waals surface area contributed by atoms with Gasteiger partial charge in [0.1, 0.15) is 18.2 Å². The molecule has 0 radical (unpaired) electrons. The van der Waals surface area contributed by atoms with Crippen LogP contribution < -0.4 is 5.32 Å². The Morgan fingerprint density at radius 1 is 1.41 bits per heavy atom. The number of para-hydroxylation sites is 2. The molecule has 1 saturated heterocycles. The molecule has 0 unspecified atom stereocenters. The molecule has 3 rings (SSSR count). The Morgan fingerprint density at radius 2 is 2.29 bits per heavy atom. The van der Waals surface area contributed by atoms with Gasteiger partial charge in [0, 0.05) is 0 Å². The zero-order valence-corrected chi connectivity index (χ0v) is 8.93. The van der Waals surface area contributed by atoms with Gasteiger partial charge in [-0.2, -0.15) is 5.26 Å². The van der Waals surface area contributed by atoms with Crippen LogP contribution >= 0.6 is 0 Å². The molecule has 0 saturated carbocycles. The molecule has 5 heteroatoms. The summed E-state index contributed by atoms with van der Waals surface area (Å²) in [5.74, 6) is 0.733. The molecule has 1 aliphatic rings. The number of oxazole rings is 1. The maximum Gasteiger partial charge on any atom is 0.243 e. The molecule has 0 spiro atoms. The fourth-order valence-corrected chi connectivity index (χ4v) is 1.70. The van der Waals surface area contributed by atoms with Crippen LogP contribution in [0, 0.1) is 11.3 Å². The van der Waals surface area contributed by atoms with Gasteiger partial charge in [0.15, 0.2) is 11.2 Å². The highest BCUT2D eigenvalue weighted by molar-refractivity contribution is 5.80. The summed E-state index contributed by atoms with van der Waals surface area (Å²) in [5.41, 5.74) is 1.70. The van der Waals surface area contributed by atoms with Crippen LogP contribution in [-0.2, 0) is 4.74 Å². The third kappa shape index (κ3) is 1.60. The number of benzene rings is 1. The van der Waals surface area contributed by atoms with Gasteiger partial charge in [0.05, 0.1) is 6.54 Å². The molecule has 0 atom stereocenters. The van der Waals surface area contributed by atoms with Crippen LogP contribution in [0.1, 0.15) is 5.89 Å². The maximum absolute atomic E-state index is 9.14. The number of ether oxygens (including phenoxy) is 1. The molecule has 1 N–H and O–H groups in total. The van der Waals surface area contributed by atoms with Gasteiger partial charge in [-0.3, -0.25) is 0 Å². The van der Waals surface area contributed by atoms with E-state index >= 15 is 0 Å². The number of aromatic nitrogens is 1. The van der Waals surface area contributed by atoms with E-state index in [1.165, 1.54) is 0 Å². The molecule has 2 heterocycles. The summed E-state index contributed by atoms with van der Waals surface area (Å²) >= 11 is 0. The quantitative estimate of drug-likeness (QED) is 0.750. The van der Waals surface area contributed by atoms with E-state index in [0.29, 0.717) is 30.2 Å². The van der Waals surface area contributed by atoms with E-state index in [9.17, 15) is 0 Å². The lowest BCUT2D eigenvalue weighted by molar-refractivity contribution is 0.267. The van der Waals surface area contributed by atoms with Crippen molar-refractivity contribution in [1.82, 2.24) is 10.3 Å². The van der Waals surface area contributed by atoms with Crippen LogP contribution in [0.15, 0.2) is 34.6 Å². The van der Waals surface area contributed by atoms with E-state index in [1.54, 1.807) is 0 Å². The van der Waals surface area contributed by atoms with Crippen LogP contribution in [0.5, 0.6) is 0 Å². The van der Waals surface area contributed by atoms with Gasteiger partial charge in [-0.05, 0) is 12.1 Å². The number of rotatable bonds is 1. The summed E-state index contributed by atoms with van der Waals surface area (Å²) in [4.78, 5) is 4.26. The Balaban J connectivity index is 2.14. The molecule has 5 nitrogen and oxygen atoms in total. The Hall–Kier alpha value is -2.48. The molecule has 0 aliphatic carbocycles. The fraction of sp³-hybridized carbons (Fsp3) is 0.167. The van der Waals surface area contributed by atoms with Crippen molar-refractivity contribution < 1.29 is 9.15 Å². The molecule has 0 amide bonds. The summed E-state index contributed by atoms with van der Waals surface area (Å²) in [5, 5.41) is 12.1. The monoisotopic (exact) mass is 227 g/mol. The van der Waals surface area contributed by atoms with Crippen molar-refractivity contribution >= 4 is 16.7 Å². The molecular formula is C12H9N3O2. The van der Waals surface area contributed by atoms with E-state index < -0.39 is 0 Å². The smallest absolute Gasteiger partial charge is 0.243 e. The average Bonchev–Trinajstić information content (AvgIpc) is 2.98. The topological polar surface area (TPSA) is 71.1 Å². The minimum atomic E-state index is 0.290. The van der Waals surface area contributed by atoms with Crippen molar-refractivity contribution in [2.45, 2.75) is 0 Å². The second-order valence-corrected chi connectivity index (χ2v) is 3.58. The summed E-state index contributed by atoms with van der Waals surface area (Å²) in [6, 6.07) is 9.44. The lowest BCUT2D eigenvalue weighted by Gasteiger charge is -1.99. The number of nitriles is 1. The molecule has 1 aromatic heterocycles. The minimum absolute atomic E-state index is 0.290. The Labute approximate surface area is 97.3 Å². The van der Waals surface area contributed by atoms with Crippen molar-refractivity contribution in [3.8, 4) is 6.07 Å². The molecule has 84 valence electrons. The number of hydrogen-bond donors (Lipinski definition) is 1. The highest BCUT2D eigenvalue weighted by Crippen LogP contribution is 2.23. The fourth-order valence-electron chi connectivity index (χ4n) is 1.70. The average molecular weight is 227 g/mol. The van der Waals surface area contributed by atoms with Crippen molar-refractivity contribution in [1.29, 1.82) is 5.26 Å². The first-order valence-electron chi connectivity index (χ1n) is 5.25. The van der Waals surface area contributed by atoms with Gasteiger partial charge < -0.3 is 14.5 Å². The van der Waals surface area contributed by atoms with Crippen LogP contribution in [0.4, 0.5) is 0 Å². The van der Waals surface area contributed by atoms with Crippen molar-refractivity contribution in [3.63, 3.8) is 0 Å². The molecule has 1 aliphatic heterocycles. The Kier molecular flexibility index (Phi) is 2.19. The Morgan fingerprint density at radius 3 is 3.00 bits per heavy atom. The zero-order valence-electron chi connectivity index (χ0n) is 8.93. The van der Waals surface area contributed by atoms with E-state index in [4.69, 9.17) is 14.4 Å². The summed E-state index contributed by atoms with van der Waals surface area (Å²) < 4.78 is 10.8. The molecule has 1 aromatic carbocycles. The van der Waals surface area contributed by atoms with Gasteiger partial charge in [-0.1, -0.05) is 12.1 Å². The number of allylic oxidation sites excluding steroid dienone is 1. The molecule has 2 aromatic rings. The molecule has 1 fully saturated rings. The van der Waals surface area contributed by atoms with Crippen molar-refractivity contribution in [2.75, 3.05) is 13.2 Å². The summed E-state index contributed by atoms with van der Waals surface area (Å²) in [7, 11) is 0. The number of fused-ring (bicyclic) bond motifs is 1. The number of nitrogens with one attached hydrogen (secondary N) is 1. The second kappa shape index (κ2) is 3.83. The van der Waals surface area contributed by atoms with Gasteiger partial charge in [0.2, 0.25) is 11.8 Å². The number of hydrogen-bond acceptors (Lipinski definition) is 5. The van der Waals surface area contributed by atoms with Crippen LogP contribution in [0.2, 0.25) is 0 Å². The lowest BCUT2D eigenvalue weighted by Crippen LogP contribution is -2.07. The zero-order chi connectivity index (χ0) is 11.7. The normalized spacial score (nSPS) is 17.4. The van der Waals surface area contributed by atoms with Crippen LogP contribution in [-0.4, -0.2) is 18.1 Å². The van der Waals surface area contributed by atoms with Crippen molar-refractivity contribution in [2.24, 2.45) is 0 Å². The predicted octanol–water partition coefficient (Wildman–Crippen LogP) is 1.64. The molecule has 0 bridgehead atoms.